The Kier molecular flexibility index (Phi) is 13.9. The van der Waals surface area contributed by atoms with Crippen molar-refractivity contribution in [2.24, 2.45) is 0 Å². The van der Waals surface area contributed by atoms with Crippen LogP contribution >= 0.6 is 38.6 Å². The number of piperazine rings is 2. The number of imidazole rings is 2. The van der Waals surface area contributed by atoms with E-state index in [1.807, 2.05) is 19.3 Å². The first kappa shape index (κ1) is 44.1. The molecule has 8 rings (SSSR count). The highest BCUT2D eigenvalue weighted by molar-refractivity contribution is 9.11. The lowest BCUT2D eigenvalue weighted by Crippen LogP contribution is -2.48. The molecule has 2 atom stereocenters. The van der Waals surface area contributed by atoms with E-state index in [1.54, 1.807) is 36.9 Å². The maximum Gasteiger partial charge on any atom is 0.254 e. The van der Waals surface area contributed by atoms with Crippen LogP contribution < -0.4 is 5.73 Å². The Hall–Kier alpha value is -4.00. The van der Waals surface area contributed by atoms with Gasteiger partial charge in [-0.15, -0.1) is 0 Å². The Bertz CT molecular complexity index is 2390. The number of hydrogen-bond acceptors (Lipinski definition) is 13. The highest BCUT2D eigenvalue weighted by atomic mass is 79.9. The number of benzene rings is 2. The zero-order valence-electron chi connectivity index (χ0n) is 32.8. The van der Waals surface area contributed by atoms with Crippen LogP contribution in [0.4, 0.5) is 13.9 Å². The molecule has 2 aromatic carbocycles. The topological polar surface area (TPSA) is 169 Å². The molecule has 0 unspecified atom stereocenters. The average molecular weight is 965 g/mol. The molecular weight excluding hydrogens is 921 g/mol. The summed E-state index contributed by atoms with van der Waals surface area (Å²) in [7, 11) is -7.06. The number of sulfonamides is 2. The Morgan fingerprint density at radius 3 is 1.40 bits per heavy atom. The smallest absolute Gasteiger partial charge is 0.254 e. The summed E-state index contributed by atoms with van der Waals surface area (Å²) in [4.78, 5) is 20.8. The van der Waals surface area contributed by atoms with Crippen LogP contribution in [-0.2, 0) is 33.1 Å². The van der Waals surface area contributed by atoms with Gasteiger partial charge in [0.15, 0.2) is 17.5 Å². The number of hydrogen-bond donors (Lipinski definition) is 1. The lowest BCUT2D eigenvalue weighted by atomic mass is 10.1. The fourth-order valence-electron chi connectivity index (χ4n) is 7.13. The molecule has 2 aliphatic rings. The van der Waals surface area contributed by atoms with Crippen LogP contribution in [0.3, 0.4) is 0 Å². The lowest BCUT2D eigenvalue weighted by molar-refractivity contribution is 0.178. The summed E-state index contributed by atoms with van der Waals surface area (Å²) in [6.07, 6.45) is 9.92. The van der Waals surface area contributed by atoms with Crippen molar-refractivity contribution in [1.82, 2.24) is 47.5 Å². The van der Waals surface area contributed by atoms with Crippen molar-refractivity contribution in [3.05, 3.63) is 124 Å². The van der Waals surface area contributed by atoms with E-state index in [9.17, 15) is 25.6 Å². The predicted octanol–water partition coefficient (Wildman–Crippen LogP) is 5.53. The molecular formula is C38H44BrF2N11O4S4. The van der Waals surface area contributed by atoms with Gasteiger partial charge >= 0.3 is 0 Å². The Labute approximate surface area is 364 Å². The minimum atomic E-state index is -3.55. The van der Waals surface area contributed by atoms with Crippen LogP contribution in [0.15, 0.2) is 98.3 Å². The fourth-order valence-corrected chi connectivity index (χ4v) is 13.0. The van der Waals surface area contributed by atoms with Gasteiger partial charge in [0.25, 0.3) is 20.0 Å². The zero-order valence-corrected chi connectivity index (χ0v) is 37.6. The van der Waals surface area contributed by atoms with Crippen LogP contribution in [0.25, 0.3) is 0 Å². The summed E-state index contributed by atoms with van der Waals surface area (Å²) >= 11 is 5.33. The molecule has 2 saturated heterocycles. The molecule has 15 nitrogen and oxygen atoms in total. The van der Waals surface area contributed by atoms with E-state index in [0.717, 1.165) is 45.2 Å². The molecule has 6 heterocycles. The van der Waals surface area contributed by atoms with Gasteiger partial charge in [-0.1, -0.05) is 46.9 Å². The highest BCUT2D eigenvalue weighted by Crippen LogP contribution is 2.28. The third-order valence-corrected chi connectivity index (χ3v) is 17.6. The minimum Gasteiger partial charge on any atom is -0.375 e. The van der Waals surface area contributed by atoms with Gasteiger partial charge in [0.05, 0.1) is 48.5 Å². The molecule has 60 heavy (non-hydrogen) atoms. The molecule has 0 bridgehead atoms. The first-order valence-electron chi connectivity index (χ1n) is 19.0. The van der Waals surface area contributed by atoms with E-state index in [-0.39, 0.29) is 37.3 Å². The second-order valence-corrected chi connectivity index (χ2v) is 22.0. The van der Waals surface area contributed by atoms with Crippen molar-refractivity contribution < 1.29 is 25.6 Å². The molecule has 320 valence electrons. The van der Waals surface area contributed by atoms with Gasteiger partial charge in [-0.3, -0.25) is 9.80 Å². The highest BCUT2D eigenvalue weighted by Gasteiger charge is 2.32. The van der Waals surface area contributed by atoms with Crippen molar-refractivity contribution in [3.63, 3.8) is 0 Å². The predicted molar refractivity (Wildman–Crippen MR) is 229 cm³/mol. The first-order valence-corrected chi connectivity index (χ1v) is 24.3. The van der Waals surface area contributed by atoms with Gasteiger partial charge in [0, 0.05) is 77.8 Å². The normalized spacial score (nSPS) is 17.3. The van der Waals surface area contributed by atoms with E-state index in [1.165, 1.54) is 45.3 Å². The zero-order chi connectivity index (χ0) is 42.6. The van der Waals surface area contributed by atoms with Crippen LogP contribution in [-0.4, -0.2) is 117 Å². The molecule has 2 aliphatic heterocycles. The molecule has 0 radical (unpaired) electrons. The number of nitrogens with zero attached hydrogens (tertiary/aromatic N) is 10. The SMILES string of the molecule is C[C@H](c1ccc(F)cc1)n1cncc1CN1CCN(S(=O)(=O)c2cnc(Br)s2)CC1.C[C@H](c1ccc(F)cc1)n1cncc1CN1CCN(S(=O)(=O)c2cnc(N)s2)CC1. The standard InChI is InChI=1S/C19H21BrFN5O2S2.C19H23FN6O2S2/c1-14(15-2-4-16(21)5-3-15)26-13-22-10-17(26)12-24-6-8-25(9-7-24)30(27,28)18-11-23-19(20)29-18;1-14(15-2-4-16(20)5-3-15)26-13-22-10-17(26)12-24-6-8-25(9-7-24)30(27,28)18-11-23-19(21)29-18/h2-5,10-11,13-14H,6-9,12H2,1H3;2-5,10-11,13-14H,6-9,12H2,1H3,(H2,21,23)/t2*14-/m11/s1. The summed E-state index contributed by atoms with van der Waals surface area (Å²) in [5.41, 5.74) is 9.64. The van der Waals surface area contributed by atoms with Gasteiger partial charge in [0.2, 0.25) is 0 Å². The first-order chi connectivity index (χ1) is 28.7. The van der Waals surface area contributed by atoms with Crippen molar-refractivity contribution in [2.75, 3.05) is 58.1 Å². The Morgan fingerprint density at radius 2 is 1.03 bits per heavy atom. The number of nitrogens with two attached hydrogens (primary N) is 1. The summed E-state index contributed by atoms with van der Waals surface area (Å²) in [5, 5.41) is 0.246. The van der Waals surface area contributed by atoms with E-state index < -0.39 is 20.0 Å². The molecule has 2 fully saturated rings. The van der Waals surface area contributed by atoms with Crippen LogP contribution in [0, 0.1) is 11.6 Å². The number of anilines is 1. The average Bonchev–Trinajstić information content (AvgIpc) is 4.08. The van der Waals surface area contributed by atoms with E-state index in [0.29, 0.717) is 69.4 Å². The van der Waals surface area contributed by atoms with Gasteiger partial charge in [-0.2, -0.15) is 8.61 Å². The fraction of sp³-hybridized carbons (Fsp3) is 0.368. The van der Waals surface area contributed by atoms with Crippen LogP contribution in [0.2, 0.25) is 0 Å². The molecule has 4 aromatic heterocycles. The molecule has 0 saturated carbocycles. The third kappa shape index (κ3) is 10.2. The summed E-state index contributed by atoms with van der Waals surface area (Å²) < 4.78 is 85.6. The van der Waals surface area contributed by atoms with Crippen molar-refractivity contribution >= 4 is 63.8 Å². The molecule has 22 heteroatoms. The number of rotatable bonds is 12. The largest absolute Gasteiger partial charge is 0.375 e. The number of thiazole rings is 2. The molecule has 6 aromatic rings. The van der Waals surface area contributed by atoms with E-state index in [4.69, 9.17) is 5.73 Å². The van der Waals surface area contributed by atoms with Gasteiger partial charge in [0.1, 0.15) is 11.6 Å². The second kappa shape index (κ2) is 18.9. The second-order valence-electron chi connectivity index (χ2n) is 14.3. The molecule has 0 amide bonds. The lowest BCUT2D eigenvalue weighted by Gasteiger charge is -2.33. The molecule has 2 N–H and O–H groups in total. The van der Waals surface area contributed by atoms with Gasteiger partial charge in [-0.25, -0.2) is 45.6 Å². The van der Waals surface area contributed by atoms with Gasteiger partial charge < -0.3 is 14.9 Å². The number of nitrogen functional groups attached to an aromatic ring is 1. The quantitative estimate of drug-likeness (QED) is 0.164. The number of aromatic nitrogens is 6. The van der Waals surface area contributed by atoms with Crippen molar-refractivity contribution in [3.8, 4) is 0 Å². The molecule has 0 aliphatic carbocycles. The monoisotopic (exact) mass is 963 g/mol. The summed E-state index contributed by atoms with van der Waals surface area (Å²) in [6, 6.07) is 13.0. The molecule has 0 spiro atoms. The Morgan fingerprint density at radius 1 is 0.633 bits per heavy atom. The number of halogens is 3. The third-order valence-electron chi connectivity index (χ3n) is 10.6. The maximum atomic E-state index is 13.2. The summed E-state index contributed by atoms with van der Waals surface area (Å²) in [5.74, 6) is -0.513. The van der Waals surface area contributed by atoms with E-state index >= 15 is 0 Å². The van der Waals surface area contributed by atoms with E-state index in [2.05, 4.69) is 61.7 Å². The maximum absolute atomic E-state index is 13.2. The minimum absolute atomic E-state index is 0.0153. The summed E-state index contributed by atoms with van der Waals surface area (Å²) in [6.45, 7) is 9.60. The van der Waals surface area contributed by atoms with Crippen LogP contribution in [0.5, 0.6) is 0 Å². The van der Waals surface area contributed by atoms with Crippen molar-refractivity contribution in [2.45, 2.75) is 47.4 Å². The van der Waals surface area contributed by atoms with Crippen LogP contribution in [0.1, 0.15) is 48.4 Å². The Balaban J connectivity index is 0.000000181. The van der Waals surface area contributed by atoms with Gasteiger partial charge in [-0.05, 0) is 65.2 Å². The van der Waals surface area contributed by atoms with Crippen molar-refractivity contribution in [1.29, 1.82) is 0 Å².